The molecule has 0 spiro atoms. The van der Waals surface area contributed by atoms with Crippen LogP contribution in [-0.2, 0) is 7.05 Å². The van der Waals surface area contributed by atoms with Crippen molar-refractivity contribution in [3.63, 3.8) is 0 Å². The Labute approximate surface area is 122 Å². The number of nitrogens with one attached hydrogen (secondary N) is 2. The maximum atomic E-state index is 4.56. The Morgan fingerprint density at radius 3 is 2.48 bits per heavy atom. The van der Waals surface area contributed by atoms with Gasteiger partial charge in [-0.1, -0.05) is 30.3 Å². The number of hydrogen-bond acceptors (Lipinski definition) is 5. The Balaban J connectivity index is 1.97. The molecule has 0 aliphatic rings. The van der Waals surface area contributed by atoms with Gasteiger partial charge in [0.25, 0.3) is 0 Å². The zero-order valence-electron chi connectivity index (χ0n) is 11.9. The predicted octanol–water partition coefficient (Wildman–Crippen LogP) is 2.66. The van der Waals surface area contributed by atoms with Crippen LogP contribution >= 0.6 is 0 Å². The molecule has 2 heterocycles. The zero-order valence-corrected chi connectivity index (χ0v) is 11.9. The summed E-state index contributed by atoms with van der Waals surface area (Å²) in [6.45, 7) is 0. The molecule has 0 fully saturated rings. The van der Waals surface area contributed by atoms with Gasteiger partial charge in [0.05, 0.1) is 11.9 Å². The van der Waals surface area contributed by atoms with Gasteiger partial charge < -0.3 is 10.6 Å². The summed E-state index contributed by atoms with van der Waals surface area (Å²) in [7, 11) is 3.71. The zero-order chi connectivity index (χ0) is 14.7. The first kappa shape index (κ1) is 13.1. The quantitative estimate of drug-likeness (QED) is 0.769. The van der Waals surface area contributed by atoms with E-state index in [0.29, 0.717) is 5.82 Å². The highest BCUT2D eigenvalue weighted by molar-refractivity contribution is 5.64. The van der Waals surface area contributed by atoms with Crippen molar-refractivity contribution in [3.8, 4) is 11.4 Å². The van der Waals surface area contributed by atoms with Gasteiger partial charge in [-0.15, -0.1) is 0 Å². The van der Waals surface area contributed by atoms with Gasteiger partial charge >= 0.3 is 0 Å². The normalized spacial score (nSPS) is 10.4. The van der Waals surface area contributed by atoms with Crippen LogP contribution in [0.25, 0.3) is 11.4 Å². The molecule has 21 heavy (non-hydrogen) atoms. The fourth-order valence-corrected chi connectivity index (χ4v) is 1.99. The Bertz CT molecular complexity index is 735. The Hall–Kier alpha value is -2.89. The molecule has 3 aromatic rings. The van der Waals surface area contributed by atoms with E-state index < -0.39 is 0 Å². The van der Waals surface area contributed by atoms with E-state index in [2.05, 4.69) is 25.7 Å². The van der Waals surface area contributed by atoms with Crippen LogP contribution in [0.5, 0.6) is 0 Å². The second-order valence-corrected chi connectivity index (χ2v) is 4.61. The number of benzene rings is 1. The van der Waals surface area contributed by atoms with Gasteiger partial charge in [-0.3, -0.25) is 4.68 Å². The second-order valence-electron chi connectivity index (χ2n) is 4.61. The van der Waals surface area contributed by atoms with Gasteiger partial charge in [-0.25, -0.2) is 9.97 Å². The molecule has 0 atom stereocenters. The Kier molecular flexibility index (Phi) is 3.51. The van der Waals surface area contributed by atoms with E-state index in [0.717, 1.165) is 22.9 Å². The first-order chi connectivity index (χ1) is 10.2. The number of nitrogens with zero attached hydrogens (tertiary/aromatic N) is 4. The van der Waals surface area contributed by atoms with Gasteiger partial charge in [0.15, 0.2) is 5.82 Å². The highest BCUT2D eigenvalue weighted by Crippen LogP contribution is 2.22. The SMILES string of the molecule is CNc1cc(Nc2cnn(C)c2)nc(-c2ccccc2)n1. The standard InChI is InChI=1S/C15H16N6/c1-16-13-8-14(18-12-9-17-21(2)10-12)20-15(19-13)11-6-4-3-5-7-11/h3-10H,1-2H3,(H2,16,18,19,20). The average molecular weight is 280 g/mol. The van der Waals surface area contributed by atoms with E-state index in [-0.39, 0.29) is 0 Å². The molecule has 0 saturated heterocycles. The van der Waals surface area contributed by atoms with Crippen molar-refractivity contribution in [2.75, 3.05) is 17.7 Å². The highest BCUT2D eigenvalue weighted by atomic mass is 15.3. The lowest BCUT2D eigenvalue weighted by atomic mass is 10.2. The third-order valence-electron chi connectivity index (χ3n) is 2.99. The number of aryl methyl sites for hydroxylation is 1. The van der Waals surface area contributed by atoms with Gasteiger partial charge in [0.2, 0.25) is 0 Å². The smallest absolute Gasteiger partial charge is 0.163 e. The summed E-state index contributed by atoms with van der Waals surface area (Å²) >= 11 is 0. The fourth-order valence-electron chi connectivity index (χ4n) is 1.99. The summed E-state index contributed by atoms with van der Waals surface area (Å²) in [5.74, 6) is 2.16. The Morgan fingerprint density at radius 1 is 1.05 bits per heavy atom. The molecule has 106 valence electrons. The summed E-state index contributed by atoms with van der Waals surface area (Å²) in [5, 5.41) is 10.4. The van der Waals surface area contributed by atoms with E-state index in [1.54, 1.807) is 10.9 Å². The van der Waals surface area contributed by atoms with Crippen molar-refractivity contribution in [2.45, 2.75) is 0 Å². The van der Waals surface area contributed by atoms with Crippen molar-refractivity contribution in [1.82, 2.24) is 19.7 Å². The van der Waals surface area contributed by atoms with E-state index in [1.165, 1.54) is 0 Å². The number of aromatic nitrogens is 4. The molecular formula is C15H16N6. The number of anilines is 3. The third-order valence-corrected chi connectivity index (χ3v) is 2.99. The topological polar surface area (TPSA) is 67.7 Å². The molecule has 0 radical (unpaired) electrons. The van der Waals surface area contributed by atoms with E-state index in [9.17, 15) is 0 Å². The van der Waals surface area contributed by atoms with Crippen molar-refractivity contribution >= 4 is 17.3 Å². The predicted molar refractivity (Wildman–Crippen MR) is 83.5 cm³/mol. The molecule has 0 aliphatic carbocycles. The molecule has 1 aromatic carbocycles. The summed E-state index contributed by atoms with van der Waals surface area (Å²) in [5.41, 5.74) is 1.86. The molecule has 0 aliphatic heterocycles. The summed E-state index contributed by atoms with van der Waals surface area (Å²) in [4.78, 5) is 9.04. The third kappa shape index (κ3) is 3.00. The van der Waals surface area contributed by atoms with Crippen molar-refractivity contribution < 1.29 is 0 Å². The summed E-state index contributed by atoms with van der Waals surface area (Å²) in [6, 6.07) is 11.8. The van der Waals surface area contributed by atoms with Crippen molar-refractivity contribution in [1.29, 1.82) is 0 Å². The minimum atomic E-state index is 0.675. The molecule has 6 heteroatoms. The molecule has 0 saturated carbocycles. The van der Waals surface area contributed by atoms with Crippen molar-refractivity contribution in [3.05, 3.63) is 48.8 Å². The average Bonchev–Trinajstić information content (AvgIpc) is 2.93. The largest absolute Gasteiger partial charge is 0.373 e. The number of rotatable bonds is 4. The molecule has 3 rings (SSSR count). The minimum absolute atomic E-state index is 0.675. The van der Waals surface area contributed by atoms with Crippen molar-refractivity contribution in [2.24, 2.45) is 7.05 Å². The van der Waals surface area contributed by atoms with Gasteiger partial charge in [-0.2, -0.15) is 5.10 Å². The van der Waals surface area contributed by atoms with E-state index in [1.807, 2.05) is 56.7 Å². The molecule has 6 nitrogen and oxygen atoms in total. The summed E-state index contributed by atoms with van der Waals surface area (Å²) < 4.78 is 1.74. The lowest BCUT2D eigenvalue weighted by Crippen LogP contribution is -2.01. The molecule has 2 N–H and O–H groups in total. The monoisotopic (exact) mass is 280 g/mol. The molecular weight excluding hydrogens is 264 g/mol. The van der Waals surface area contributed by atoms with Gasteiger partial charge in [0.1, 0.15) is 11.6 Å². The first-order valence-electron chi connectivity index (χ1n) is 6.62. The lowest BCUT2D eigenvalue weighted by molar-refractivity contribution is 0.768. The highest BCUT2D eigenvalue weighted by Gasteiger charge is 2.07. The van der Waals surface area contributed by atoms with Crippen LogP contribution in [0, 0.1) is 0 Å². The molecule has 0 unspecified atom stereocenters. The van der Waals surface area contributed by atoms with Crippen LogP contribution in [0.2, 0.25) is 0 Å². The second kappa shape index (κ2) is 5.62. The maximum Gasteiger partial charge on any atom is 0.163 e. The van der Waals surface area contributed by atoms with Crippen LogP contribution < -0.4 is 10.6 Å². The van der Waals surface area contributed by atoms with Gasteiger partial charge in [0, 0.05) is 31.9 Å². The molecule has 0 bridgehead atoms. The van der Waals surface area contributed by atoms with Crippen LogP contribution in [0.3, 0.4) is 0 Å². The number of hydrogen-bond donors (Lipinski definition) is 2. The fraction of sp³-hybridized carbons (Fsp3) is 0.133. The Morgan fingerprint density at radius 2 is 1.81 bits per heavy atom. The van der Waals surface area contributed by atoms with Crippen LogP contribution in [0.4, 0.5) is 17.3 Å². The van der Waals surface area contributed by atoms with E-state index in [4.69, 9.17) is 0 Å². The summed E-state index contributed by atoms with van der Waals surface area (Å²) in [6.07, 6.45) is 3.65. The van der Waals surface area contributed by atoms with Crippen LogP contribution in [-0.4, -0.2) is 26.8 Å². The van der Waals surface area contributed by atoms with Crippen LogP contribution in [0.1, 0.15) is 0 Å². The minimum Gasteiger partial charge on any atom is -0.373 e. The first-order valence-corrected chi connectivity index (χ1v) is 6.62. The van der Waals surface area contributed by atoms with Gasteiger partial charge in [-0.05, 0) is 0 Å². The molecule has 0 amide bonds. The maximum absolute atomic E-state index is 4.56. The van der Waals surface area contributed by atoms with E-state index >= 15 is 0 Å². The van der Waals surface area contributed by atoms with Crippen LogP contribution in [0.15, 0.2) is 48.8 Å². The molecule has 2 aromatic heterocycles. The lowest BCUT2D eigenvalue weighted by Gasteiger charge is -2.08.